The third-order valence-corrected chi connectivity index (χ3v) is 6.45. The standard InChI is InChI=1S/C20H24ClN5O2S2/c1-25(2)20(28)15(10-22-18(29)12-4-6-13(21)7-5-12)23-17(27)19-24-14-8-9-26(3)11-16(14)30-19/h4-7,15H,8-11H2,1-3H3,(H,22,29)(H,23,27). The molecule has 1 aliphatic rings. The van der Waals surface area contributed by atoms with E-state index in [1.807, 2.05) is 7.05 Å². The normalized spacial score (nSPS) is 14.5. The third-order valence-electron chi connectivity index (χ3n) is 4.73. The fourth-order valence-electron chi connectivity index (χ4n) is 3.05. The summed E-state index contributed by atoms with van der Waals surface area (Å²) in [5.41, 5.74) is 1.76. The van der Waals surface area contributed by atoms with Crippen molar-refractivity contribution in [1.82, 2.24) is 25.4 Å². The average Bonchev–Trinajstić information content (AvgIpc) is 3.14. The molecule has 1 aromatic carbocycles. The van der Waals surface area contributed by atoms with Gasteiger partial charge in [-0.15, -0.1) is 11.3 Å². The highest BCUT2D eigenvalue weighted by molar-refractivity contribution is 7.80. The van der Waals surface area contributed by atoms with Gasteiger partial charge in [0.2, 0.25) is 5.91 Å². The average molecular weight is 466 g/mol. The lowest BCUT2D eigenvalue weighted by atomic mass is 10.2. The van der Waals surface area contributed by atoms with Crippen LogP contribution in [0.3, 0.4) is 0 Å². The molecule has 0 fully saturated rings. The first-order valence-electron chi connectivity index (χ1n) is 9.47. The summed E-state index contributed by atoms with van der Waals surface area (Å²) in [6.45, 7) is 1.88. The van der Waals surface area contributed by atoms with E-state index < -0.39 is 6.04 Å². The SMILES string of the molecule is CN1CCc2nc(C(=O)NC(CNC(=S)c3ccc(Cl)cc3)C(=O)N(C)C)sc2C1. The summed E-state index contributed by atoms with van der Waals surface area (Å²) >= 11 is 12.7. The van der Waals surface area contributed by atoms with Crippen molar-refractivity contribution >= 4 is 52.0 Å². The number of nitrogens with one attached hydrogen (secondary N) is 2. The Bertz CT molecular complexity index is 945. The van der Waals surface area contributed by atoms with Crippen molar-refractivity contribution < 1.29 is 9.59 Å². The molecular weight excluding hydrogens is 442 g/mol. The minimum absolute atomic E-state index is 0.165. The van der Waals surface area contributed by atoms with Crippen molar-refractivity contribution in [2.45, 2.75) is 19.0 Å². The summed E-state index contributed by atoms with van der Waals surface area (Å²) in [4.78, 5) is 35.1. The van der Waals surface area contributed by atoms with Gasteiger partial charge in [0.25, 0.3) is 5.91 Å². The van der Waals surface area contributed by atoms with Crippen LogP contribution in [0.1, 0.15) is 25.9 Å². The molecule has 1 aliphatic heterocycles. The van der Waals surface area contributed by atoms with Crippen LogP contribution in [0, 0.1) is 0 Å². The zero-order chi connectivity index (χ0) is 21.8. The molecule has 3 rings (SSSR count). The molecule has 30 heavy (non-hydrogen) atoms. The number of likely N-dealkylation sites (N-methyl/N-ethyl adjacent to an activating group) is 2. The van der Waals surface area contributed by atoms with Gasteiger partial charge in [0.05, 0.1) is 5.69 Å². The minimum Gasteiger partial charge on any atom is -0.373 e. The van der Waals surface area contributed by atoms with Crippen LogP contribution in [0.15, 0.2) is 24.3 Å². The Morgan fingerprint density at radius 2 is 2.03 bits per heavy atom. The molecule has 7 nitrogen and oxygen atoms in total. The molecule has 0 saturated heterocycles. The third kappa shape index (κ3) is 5.54. The van der Waals surface area contributed by atoms with Crippen molar-refractivity contribution in [3.8, 4) is 0 Å². The van der Waals surface area contributed by atoms with Crippen LogP contribution in [0.5, 0.6) is 0 Å². The van der Waals surface area contributed by atoms with Crippen LogP contribution >= 0.6 is 35.2 Å². The lowest BCUT2D eigenvalue weighted by molar-refractivity contribution is -0.130. The van der Waals surface area contributed by atoms with Gasteiger partial charge in [-0.1, -0.05) is 36.0 Å². The van der Waals surface area contributed by atoms with Crippen molar-refractivity contribution in [2.75, 3.05) is 34.2 Å². The molecule has 0 radical (unpaired) electrons. The maximum atomic E-state index is 12.8. The Kier molecular flexibility index (Phi) is 7.41. The van der Waals surface area contributed by atoms with E-state index in [1.54, 1.807) is 38.4 Å². The maximum Gasteiger partial charge on any atom is 0.280 e. The van der Waals surface area contributed by atoms with Gasteiger partial charge >= 0.3 is 0 Å². The highest BCUT2D eigenvalue weighted by Gasteiger charge is 2.26. The van der Waals surface area contributed by atoms with Gasteiger partial charge in [-0.3, -0.25) is 9.59 Å². The number of rotatable bonds is 6. The van der Waals surface area contributed by atoms with E-state index in [0.29, 0.717) is 15.0 Å². The van der Waals surface area contributed by atoms with E-state index in [9.17, 15) is 9.59 Å². The van der Waals surface area contributed by atoms with Gasteiger partial charge in [0, 0.05) is 55.6 Å². The van der Waals surface area contributed by atoms with Gasteiger partial charge in [-0.25, -0.2) is 4.98 Å². The lowest BCUT2D eigenvalue weighted by Crippen LogP contribution is -2.52. The molecule has 2 heterocycles. The van der Waals surface area contributed by atoms with E-state index in [1.165, 1.54) is 16.2 Å². The Hall–Kier alpha value is -2.07. The van der Waals surface area contributed by atoms with Gasteiger partial charge in [0.1, 0.15) is 11.0 Å². The summed E-state index contributed by atoms with van der Waals surface area (Å²) < 4.78 is 0. The van der Waals surface area contributed by atoms with Gasteiger partial charge < -0.3 is 20.4 Å². The second-order valence-electron chi connectivity index (χ2n) is 7.35. The second-order valence-corrected chi connectivity index (χ2v) is 9.28. The molecule has 0 saturated carbocycles. The summed E-state index contributed by atoms with van der Waals surface area (Å²) in [5, 5.41) is 6.88. The first kappa shape index (κ1) is 22.6. The van der Waals surface area contributed by atoms with E-state index >= 15 is 0 Å². The number of thiazole rings is 1. The summed E-state index contributed by atoms with van der Waals surface area (Å²) in [7, 11) is 5.34. The molecule has 1 unspecified atom stereocenters. The molecule has 1 aromatic heterocycles. The van der Waals surface area contributed by atoms with Gasteiger partial charge in [0.15, 0.2) is 5.01 Å². The van der Waals surface area contributed by atoms with Crippen molar-refractivity contribution in [3.05, 3.63) is 50.4 Å². The van der Waals surface area contributed by atoms with E-state index in [2.05, 4.69) is 20.5 Å². The van der Waals surface area contributed by atoms with Crippen LogP contribution in [0.2, 0.25) is 5.02 Å². The first-order valence-corrected chi connectivity index (χ1v) is 11.1. The molecular formula is C20H24ClN5O2S2. The maximum absolute atomic E-state index is 12.8. The number of benzene rings is 1. The Balaban J connectivity index is 1.68. The number of thiocarbonyl (C=S) groups is 1. The molecule has 0 bridgehead atoms. The number of nitrogens with zero attached hydrogens (tertiary/aromatic N) is 3. The monoisotopic (exact) mass is 465 g/mol. The van der Waals surface area contributed by atoms with Crippen LogP contribution in [-0.4, -0.2) is 71.9 Å². The minimum atomic E-state index is -0.777. The largest absolute Gasteiger partial charge is 0.373 e. The van der Waals surface area contributed by atoms with Crippen molar-refractivity contribution in [1.29, 1.82) is 0 Å². The Morgan fingerprint density at radius 3 is 2.70 bits per heavy atom. The van der Waals surface area contributed by atoms with Crippen LogP contribution in [-0.2, 0) is 17.8 Å². The highest BCUT2D eigenvalue weighted by atomic mass is 35.5. The van der Waals surface area contributed by atoms with Crippen LogP contribution < -0.4 is 10.6 Å². The topological polar surface area (TPSA) is 77.6 Å². The highest BCUT2D eigenvalue weighted by Crippen LogP contribution is 2.24. The number of aromatic nitrogens is 1. The number of carbonyl (C=O) groups excluding carboxylic acids is 2. The zero-order valence-electron chi connectivity index (χ0n) is 17.1. The zero-order valence-corrected chi connectivity index (χ0v) is 19.5. The molecule has 0 spiro atoms. The van der Waals surface area contributed by atoms with Gasteiger partial charge in [-0.05, 0) is 19.2 Å². The molecule has 1 atom stereocenters. The molecule has 2 aromatic rings. The number of amides is 2. The van der Waals surface area contributed by atoms with E-state index in [0.717, 1.165) is 35.6 Å². The Labute approximate surface area is 190 Å². The predicted octanol–water partition coefficient (Wildman–Crippen LogP) is 1.94. The first-order chi connectivity index (χ1) is 14.2. The molecule has 10 heteroatoms. The fourth-order valence-corrected chi connectivity index (χ4v) is 4.49. The van der Waals surface area contributed by atoms with E-state index in [4.69, 9.17) is 23.8 Å². The fraction of sp³-hybridized carbons (Fsp3) is 0.400. The smallest absolute Gasteiger partial charge is 0.280 e. The van der Waals surface area contributed by atoms with Gasteiger partial charge in [-0.2, -0.15) is 0 Å². The Morgan fingerprint density at radius 1 is 1.33 bits per heavy atom. The second kappa shape index (κ2) is 9.82. The van der Waals surface area contributed by atoms with Crippen LogP contribution in [0.4, 0.5) is 0 Å². The summed E-state index contributed by atoms with van der Waals surface area (Å²) in [6.07, 6.45) is 0.826. The predicted molar refractivity (Wildman–Crippen MR) is 123 cm³/mol. The molecule has 2 N–H and O–H groups in total. The molecule has 2 amide bonds. The number of hydrogen-bond acceptors (Lipinski definition) is 6. The molecule has 160 valence electrons. The quantitative estimate of drug-likeness (QED) is 0.635. The van der Waals surface area contributed by atoms with Crippen LogP contribution in [0.25, 0.3) is 0 Å². The van der Waals surface area contributed by atoms with Crippen molar-refractivity contribution in [3.63, 3.8) is 0 Å². The number of hydrogen-bond donors (Lipinski definition) is 2. The number of carbonyl (C=O) groups is 2. The lowest BCUT2D eigenvalue weighted by Gasteiger charge is -2.22. The summed E-state index contributed by atoms with van der Waals surface area (Å²) in [5.74, 6) is -0.577. The molecule has 0 aliphatic carbocycles. The summed E-state index contributed by atoms with van der Waals surface area (Å²) in [6, 6.07) is 6.32. The number of halogens is 1. The number of fused-ring (bicyclic) bond motifs is 1. The van der Waals surface area contributed by atoms with Crippen molar-refractivity contribution in [2.24, 2.45) is 0 Å². The van der Waals surface area contributed by atoms with E-state index in [-0.39, 0.29) is 18.4 Å².